The summed E-state index contributed by atoms with van der Waals surface area (Å²) in [5.74, 6) is 2.13. The smallest absolute Gasteiger partial charge is 0.316 e. The van der Waals surface area contributed by atoms with Crippen LogP contribution in [0.3, 0.4) is 0 Å². The van der Waals surface area contributed by atoms with Crippen LogP contribution in [0, 0.1) is 47.4 Å². The van der Waals surface area contributed by atoms with Crippen molar-refractivity contribution in [2.45, 2.75) is 103 Å². The van der Waals surface area contributed by atoms with Gasteiger partial charge in [0.25, 0.3) is 5.91 Å². The van der Waals surface area contributed by atoms with Crippen molar-refractivity contribution in [3.8, 4) is 24.7 Å². The van der Waals surface area contributed by atoms with Crippen LogP contribution in [0.4, 0.5) is 4.79 Å². The van der Waals surface area contributed by atoms with Crippen LogP contribution in [0.1, 0.15) is 79.6 Å². The molecule has 0 aromatic heterocycles. The van der Waals surface area contributed by atoms with Crippen molar-refractivity contribution >= 4 is 40.7 Å². The quantitative estimate of drug-likeness (QED) is 0.143. The van der Waals surface area contributed by atoms with E-state index in [0.29, 0.717) is 25.1 Å². The molecule has 6 atom stereocenters. The minimum Gasteiger partial charge on any atom is -0.616 e. The number of ketones is 1. The molecule has 3 unspecified atom stereocenters. The summed E-state index contributed by atoms with van der Waals surface area (Å²) in [6, 6.07) is -3.59. The summed E-state index contributed by atoms with van der Waals surface area (Å²) in [5, 5.41) is 11.0. The molecule has 0 spiro atoms. The largest absolute Gasteiger partial charge is 0.616 e. The second-order valence-corrected chi connectivity index (χ2v) is 15.8. The number of nitrogens with zero attached hydrogens (tertiary/aromatic N) is 1. The Balaban J connectivity index is 1.83. The van der Waals surface area contributed by atoms with Gasteiger partial charge in [0.15, 0.2) is 0 Å². The molecular formula is C33H49N5O6S. The van der Waals surface area contributed by atoms with Gasteiger partial charge in [-0.15, -0.1) is 18.8 Å². The van der Waals surface area contributed by atoms with Gasteiger partial charge < -0.3 is 30.7 Å². The fraction of sp³-hybridized carbons (Fsp3) is 0.727. The highest BCUT2D eigenvalue weighted by molar-refractivity contribution is 7.90. The van der Waals surface area contributed by atoms with Gasteiger partial charge in [0.1, 0.15) is 17.8 Å². The SMILES string of the molecule is C#CCCC(NC(=O)[C@@H]1[C@@H]2C(CN1C(=O)[C@@H](NC(=O)NC1(C[S+](C)[O-])CCCCC1)C(C)(C)C)C2(C)C)C(=O)C(=O)NCC#C. The average Bonchev–Trinajstić information content (AvgIpc) is 3.27. The number of terminal acetylenes is 2. The number of amides is 5. The Hall–Kier alpha value is -3.22. The number of nitrogens with one attached hydrogen (secondary N) is 4. The number of likely N-dealkylation sites (tertiary alicyclic amines) is 1. The minimum absolute atomic E-state index is 0.0410. The number of piperidine rings is 1. The molecule has 3 aliphatic rings. The fourth-order valence-corrected chi connectivity index (χ4v) is 8.23. The van der Waals surface area contributed by atoms with E-state index in [9.17, 15) is 28.5 Å². The van der Waals surface area contributed by atoms with Crippen LogP contribution in [0.25, 0.3) is 0 Å². The number of fused-ring (bicyclic) bond motifs is 1. The third kappa shape index (κ3) is 8.53. The molecule has 1 saturated heterocycles. The summed E-state index contributed by atoms with van der Waals surface area (Å²) < 4.78 is 12.2. The Morgan fingerprint density at radius 3 is 2.24 bits per heavy atom. The highest BCUT2D eigenvalue weighted by Gasteiger charge is 2.70. The summed E-state index contributed by atoms with van der Waals surface area (Å²) in [7, 11) is 0. The molecule has 0 radical (unpaired) electrons. The molecule has 2 saturated carbocycles. The third-order valence-corrected chi connectivity index (χ3v) is 10.6. The molecule has 0 aromatic rings. The van der Waals surface area contributed by atoms with Crippen molar-refractivity contribution in [1.29, 1.82) is 0 Å². The van der Waals surface area contributed by atoms with Gasteiger partial charge >= 0.3 is 6.03 Å². The molecule has 2 aliphatic carbocycles. The molecule has 11 nitrogen and oxygen atoms in total. The molecule has 1 heterocycles. The first-order valence-electron chi connectivity index (χ1n) is 15.7. The molecule has 0 aromatic carbocycles. The summed E-state index contributed by atoms with van der Waals surface area (Å²) in [6.45, 7) is 9.76. The summed E-state index contributed by atoms with van der Waals surface area (Å²) >= 11 is -1.12. The maximum atomic E-state index is 14.3. The molecule has 5 amide bonds. The van der Waals surface area contributed by atoms with E-state index in [2.05, 4.69) is 33.1 Å². The first-order valence-corrected chi connectivity index (χ1v) is 17.4. The summed E-state index contributed by atoms with van der Waals surface area (Å²) in [4.78, 5) is 68.5. The van der Waals surface area contributed by atoms with Crippen LogP contribution in [0.15, 0.2) is 0 Å². The number of hydrogen-bond acceptors (Lipinski definition) is 6. The zero-order valence-corrected chi connectivity index (χ0v) is 28.2. The van der Waals surface area contributed by atoms with Gasteiger partial charge in [-0.05, 0) is 41.9 Å². The number of hydrogen-bond donors (Lipinski definition) is 4. The molecule has 45 heavy (non-hydrogen) atoms. The Kier molecular flexibility index (Phi) is 11.7. The van der Waals surface area contributed by atoms with E-state index in [-0.39, 0.29) is 36.6 Å². The van der Waals surface area contributed by atoms with Gasteiger partial charge in [0, 0.05) is 13.0 Å². The second kappa shape index (κ2) is 14.5. The van der Waals surface area contributed by atoms with Crippen LogP contribution in [-0.4, -0.2) is 87.8 Å². The maximum Gasteiger partial charge on any atom is 0.316 e. The van der Waals surface area contributed by atoms with Crippen molar-refractivity contribution in [3.63, 3.8) is 0 Å². The van der Waals surface area contributed by atoms with Crippen molar-refractivity contribution < 1.29 is 28.5 Å². The molecule has 3 rings (SSSR count). The standard InChI is InChI=1S/C33H49N5O6S/c1-9-11-15-22(25(39)28(41)34-18-10-2)35-27(40)24-23-21(32(23,6)7)19-38(24)29(42)26(31(3,4)5)36-30(43)37-33(20-45(8)44)16-13-12-14-17-33/h1-2,21-24,26H,11-20H2,3-8H3,(H,34,41)(H,35,40)(H2,36,37,43)/t21?,22?,23-,24-,26+,45?/m0/s1. The molecule has 3 fully saturated rings. The van der Waals surface area contributed by atoms with Gasteiger partial charge in [-0.1, -0.05) is 71.0 Å². The Labute approximate surface area is 270 Å². The molecule has 0 bridgehead atoms. The van der Waals surface area contributed by atoms with E-state index >= 15 is 0 Å². The van der Waals surface area contributed by atoms with Crippen LogP contribution < -0.4 is 21.3 Å². The van der Waals surface area contributed by atoms with Gasteiger partial charge in [0.05, 0.1) is 24.4 Å². The zero-order chi connectivity index (χ0) is 33.7. The van der Waals surface area contributed by atoms with E-state index < -0.39 is 69.8 Å². The van der Waals surface area contributed by atoms with E-state index in [1.54, 1.807) is 6.26 Å². The van der Waals surface area contributed by atoms with E-state index in [0.717, 1.165) is 19.3 Å². The van der Waals surface area contributed by atoms with Crippen molar-refractivity contribution in [3.05, 3.63) is 0 Å². The zero-order valence-electron chi connectivity index (χ0n) is 27.4. The number of carbonyl (C=O) groups excluding carboxylic acids is 5. The second-order valence-electron chi connectivity index (χ2n) is 14.4. The molecule has 248 valence electrons. The van der Waals surface area contributed by atoms with E-state index in [1.807, 2.05) is 34.6 Å². The molecular weight excluding hydrogens is 594 g/mol. The number of Topliss-reactive ketones (excluding diaryl/α,β-unsaturated/α-hetero) is 1. The fourth-order valence-electron chi connectivity index (χ4n) is 7.09. The highest BCUT2D eigenvalue weighted by Crippen LogP contribution is 2.65. The van der Waals surface area contributed by atoms with Crippen LogP contribution in [0.2, 0.25) is 0 Å². The molecule has 12 heteroatoms. The predicted octanol–water partition coefficient (Wildman–Crippen LogP) is 1.48. The number of rotatable bonds is 12. The highest BCUT2D eigenvalue weighted by atomic mass is 32.2. The van der Waals surface area contributed by atoms with E-state index in [1.165, 1.54) is 4.90 Å². The topological polar surface area (TPSA) is 160 Å². The van der Waals surface area contributed by atoms with Crippen LogP contribution >= 0.6 is 0 Å². The monoisotopic (exact) mass is 643 g/mol. The van der Waals surface area contributed by atoms with Gasteiger partial charge in [-0.2, -0.15) is 0 Å². The summed E-state index contributed by atoms with van der Waals surface area (Å²) in [6.07, 6.45) is 16.7. The maximum absolute atomic E-state index is 14.3. The van der Waals surface area contributed by atoms with Gasteiger partial charge in [-0.25, -0.2) is 4.79 Å². The lowest BCUT2D eigenvalue weighted by molar-refractivity contribution is -0.145. The van der Waals surface area contributed by atoms with Gasteiger partial charge in [0.2, 0.25) is 17.6 Å². The number of carbonyl (C=O) groups is 5. The Morgan fingerprint density at radius 1 is 1.04 bits per heavy atom. The summed E-state index contributed by atoms with van der Waals surface area (Å²) in [5.41, 5.74) is -1.54. The van der Waals surface area contributed by atoms with Crippen molar-refractivity contribution in [2.24, 2.45) is 22.7 Å². The third-order valence-electron chi connectivity index (χ3n) is 9.60. The lowest BCUT2D eigenvalue weighted by atomic mass is 9.83. The van der Waals surface area contributed by atoms with Crippen LogP contribution in [0.5, 0.6) is 0 Å². The lowest BCUT2D eigenvalue weighted by Gasteiger charge is -2.40. The molecule has 4 N–H and O–H groups in total. The van der Waals surface area contributed by atoms with Gasteiger partial charge in [-0.3, -0.25) is 19.2 Å². The average molecular weight is 644 g/mol. The minimum atomic E-state index is -1.19. The van der Waals surface area contributed by atoms with E-state index in [4.69, 9.17) is 12.8 Å². The lowest BCUT2D eigenvalue weighted by Crippen LogP contribution is -2.63. The number of urea groups is 1. The first-order chi connectivity index (χ1) is 21.0. The van der Waals surface area contributed by atoms with Crippen molar-refractivity contribution in [2.75, 3.05) is 25.1 Å². The normalized spacial score (nSPS) is 24.8. The van der Waals surface area contributed by atoms with Crippen molar-refractivity contribution in [1.82, 2.24) is 26.2 Å². The molecule has 1 aliphatic heterocycles. The van der Waals surface area contributed by atoms with Crippen LogP contribution in [-0.2, 0) is 30.4 Å². The predicted molar refractivity (Wildman–Crippen MR) is 173 cm³/mol. The first kappa shape index (κ1) is 36.3. The Bertz CT molecular complexity index is 1240. The Morgan fingerprint density at radius 2 is 1.69 bits per heavy atom.